The predicted molar refractivity (Wildman–Crippen MR) is 101 cm³/mol. The molecule has 0 atom stereocenters. The van der Waals surface area contributed by atoms with Gasteiger partial charge in [0.1, 0.15) is 4.38 Å². The Labute approximate surface area is 147 Å². The van der Waals surface area contributed by atoms with Gasteiger partial charge in [0.15, 0.2) is 0 Å². The average molecular weight is 349 g/mol. The number of amides is 1. The highest BCUT2D eigenvalue weighted by Gasteiger charge is 2.25. The van der Waals surface area contributed by atoms with Crippen LogP contribution in [0.1, 0.15) is 38.2 Å². The summed E-state index contributed by atoms with van der Waals surface area (Å²) >= 11 is 3.32. The van der Waals surface area contributed by atoms with Crippen molar-refractivity contribution in [1.82, 2.24) is 4.90 Å². The van der Waals surface area contributed by atoms with E-state index >= 15 is 0 Å². The van der Waals surface area contributed by atoms with E-state index in [9.17, 15) is 4.79 Å². The number of carbonyl (C=O) groups excluding carboxylic acids is 1. The Balaban J connectivity index is 1.52. The van der Waals surface area contributed by atoms with Crippen molar-refractivity contribution < 1.29 is 4.79 Å². The minimum Gasteiger partial charge on any atom is -0.342 e. The molecule has 1 aliphatic heterocycles. The van der Waals surface area contributed by atoms with Gasteiger partial charge in [-0.3, -0.25) is 4.79 Å². The predicted octanol–water partition coefficient (Wildman–Crippen LogP) is 4.69. The molecule has 2 aliphatic rings. The van der Waals surface area contributed by atoms with Gasteiger partial charge in [-0.2, -0.15) is 0 Å². The van der Waals surface area contributed by atoms with Gasteiger partial charge in [-0.05, 0) is 43.2 Å². The van der Waals surface area contributed by atoms with Gasteiger partial charge in [-0.1, -0.05) is 48.6 Å². The molecule has 124 valence electrons. The lowest BCUT2D eigenvalue weighted by Gasteiger charge is -2.33. The SMILES string of the molecule is CC1CCC(N(C)C(=O)CSC2=Nc3ccccc3CS2)CC1. The zero-order valence-corrected chi connectivity index (χ0v) is 15.5. The van der Waals surface area contributed by atoms with Crippen LogP contribution in [0, 0.1) is 5.92 Å². The topological polar surface area (TPSA) is 32.7 Å². The zero-order chi connectivity index (χ0) is 16.2. The lowest BCUT2D eigenvalue weighted by molar-refractivity contribution is -0.129. The zero-order valence-electron chi connectivity index (χ0n) is 13.8. The smallest absolute Gasteiger partial charge is 0.232 e. The summed E-state index contributed by atoms with van der Waals surface area (Å²) in [5.74, 6) is 2.50. The molecule has 5 heteroatoms. The maximum atomic E-state index is 12.5. The Hall–Kier alpha value is -0.940. The van der Waals surface area contributed by atoms with Gasteiger partial charge in [-0.25, -0.2) is 4.99 Å². The maximum absolute atomic E-state index is 12.5. The van der Waals surface area contributed by atoms with Crippen LogP contribution in [0.2, 0.25) is 0 Å². The van der Waals surface area contributed by atoms with Crippen LogP contribution in [0.15, 0.2) is 29.3 Å². The van der Waals surface area contributed by atoms with Gasteiger partial charge in [-0.15, -0.1) is 0 Å². The Morgan fingerprint density at radius 1 is 1.30 bits per heavy atom. The molecule has 1 amide bonds. The van der Waals surface area contributed by atoms with Gasteiger partial charge in [0.2, 0.25) is 5.91 Å². The minimum absolute atomic E-state index is 0.233. The molecule has 0 radical (unpaired) electrons. The van der Waals surface area contributed by atoms with Crippen molar-refractivity contribution in [3.63, 3.8) is 0 Å². The molecule has 1 saturated carbocycles. The molecule has 0 N–H and O–H groups in total. The lowest BCUT2D eigenvalue weighted by Crippen LogP contribution is -2.40. The van der Waals surface area contributed by atoms with Crippen LogP contribution < -0.4 is 0 Å². The number of para-hydroxylation sites is 1. The van der Waals surface area contributed by atoms with Gasteiger partial charge in [0.25, 0.3) is 0 Å². The van der Waals surface area contributed by atoms with Crippen LogP contribution in [-0.2, 0) is 10.5 Å². The molecule has 1 aromatic rings. The Morgan fingerprint density at radius 2 is 2.04 bits per heavy atom. The van der Waals surface area contributed by atoms with Crippen LogP contribution in [0.5, 0.6) is 0 Å². The number of thioether (sulfide) groups is 2. The first kappa shape index (κ1) is 16.9. The fourth-order valence-corrected chi connectivity index (χ4v) is 5.13. The largest absolute Gasteiger partial charge is 0.342 e. The number of hydrogen-bond acceptors (Lipinski definition) is 4. The first-order valence-corrected chi connectivity index (χ1v) is 10.3. The number of rotatable bonds is 3. The van der Waals surface area contributed by atoms with E-state index in [1.807, 2.05) is 24.1 Å². The standard InChI is InChI=1S/C18H24N2OS2/c1-13-7-9-15(10-8-13)20(2)17(21)12-23-18-19-16-6-4-3-5-14(16)11-22-18/h3-6,13,15H,7-12H2,1-2H3. The van der Waals surface area contributed by atoms with E-state index in [1.54, 1.807) is 23.5 Å². The van der Waals surface area contributed by atoms with Crippen molar-refractivity contribution in [2.24, 2.45) is 10.9 Å². The van der Waals surface area contributed by atoms with Crippen LogP contribution in [0.3, 0.4) is 0 Å². The van der Waals surface area contributed by atoms with E-state index in [2.05, 4.69) is 24.0 Å². The second-order valence-electron chi connectivity index (χ2n) is 6.50. The summed E-state index contributed by atoms with van der Waals surface area (Å²) in [5, 5.41) is 0. The fraction of sp³-hybridized carbons (Fsp3) is 0.556. The molecule has 1 heterocycles. The van der Waals surface area contributed by atoms with Crippen LogP contribution in [-0.4, -0.2) is 34.0 Å². The fourth-order valence-electron chi connectivity index (χ4n) is 3.14. The molecule has 0 bridgehead atoms. The highest BCUT2D eigenvalue weighted by Crippen LogP contribution is 2.34. The van der Waals surface area contributed by atoms with Crippen molar-refractivity contribution in [3.05, 3.63) is 29.8 Å². The third-order valence-corrected chi connectivity index (χ3v) is 7.03. The van der Waals surface area contributed by atoms with Crippen molar-refractivity contribution in [3.8, 4) is 0 Å². The third-order valence-electron chi connectivity index (χ3n) is 4.80. The highest BCUT2D eigenvalue weighted by molar-refractivity contribution is 8.38. The summed E-state index contributed by atoms with van der Waals surface area (Å²) in [6.45, 7) is 2.31. The maximum Gasteiger partial charge on any atom is 0.232 e. The Bertz CT molecular complexity index is 594. The molecule has 0 aromatic heterocycles. The highest BCUT2D eigenvalue weighted by atomic mass is 32.2. The summed E-state index contributed by atoms with van der Waals surface area (Å²) < 4.78 is 1.02. The quantitative estimate of drug-likeness (QED) is 0.794. The second-order valence-corrected chi connectivity index (χ2v) is 8.69. The van der Waals surface area contributed by atoms with Crippen molar-refractivity contribution >= 4 is 39.5 Å². The van der Waals surface area contributed by atoms with E-state index < -0.39 is 0 Å². The van der Waals surface area contributed by atoms with Crippen molar-refractivity contribution in [2.45, 2.75) is 44.4 Å². The van der Waals surface area contributed by atoms with Gasteiger partial charge >= 0.3 is 0 Å². The number of benzene rings is 1. The van der Waals surface area contributed by atoms with E-state index in [4.69, 9.17) is 0 Å². The lowest BCUT2D eigenvalue weighted by atomic mass is 9.87. The number of fused-ring (bicyclic) bond motifs is 1. The second kappa shape index (κ2) is 7.75. The summed E-state index contributed by atoms with van der Waals surface area (Å²) in [6, 6.07) is 8.67. The number of aliphatic imine (C=N–C) groups is 1. The first-order valence-electron chi connectivity index (χ1n) is 8.31. The van der Waals surface area contributed by atoms with Gasteiger partial charge in [0.05, 0.1) is 11.4 Å². The minimum atomic E-state index is 0.233. The summed E-state index contributed by atoms with van der Waals surface area (Å²) in [6.07, 6.45) is 4.79. The summed E-state index contributed by atoms with van der Waals surface area (Å²) in [4.78, 5) is 19.1. The molecule has 0 unspecified atom stereocenters. The first-order chi connectivity index (χ1) is 11.1. The molecule has 23 heavy (non-hydrogen) atoms. The van der Waals surface area contributed by atoms with Gasteiger partial charge in [0, 0.05) is 18.8 Å². The van der Waals surface area contributed by atoms with Gasteiger partial charge < -0.3 is 4.90 Å². The van der Waals surface area contributed by atoms with E-state index in [0.717, 1.165) is 34.6 Å². The Morgan fingerprint density at radius 3 is 2.83 bits per heavy atom. The van der Waals surface area contributed by atoms with Crippen LogP contribution >= 0.6 is 23.5 Å². The molecule has 1 fully saturated rings. The normalized spacial score (nSPS) is 23.8. The molecular formula is C18H24N2OS2. The monoisotopic (exact) mass is 348 g/mol. The molecule has 3 rings (SSSR count). The number of hydrogen-bond donors (Lipinski definition) is 0. The summed E-state index contributed by atoms with van der Waals surface area (Å²) in [7, 11) is 1.97. The molecule has 0 saturated heterocycles. The van der Waals surface area contributed by atoms with Crippen LogP contribution in [0.4, 0.5) is 5.69 Å². The van der Waals surface area contributed by atoms with Crippen LogP contribution in [0.25, 0.3) is 0 Å². The molecular weight excluding hydrogens is 324 g/mol. The van der Waals surface area contributed by atoms with E-state index in [-0.39, 0.29) is 5.91 Å². The van der Waals surface area contributed by atoms with Crippen molar-refractivity contribution in [1.29, 1.82) is 0 Å². The van der Waals surface area contributed by atoms with Crippen molar-refractivity contribution in [2.75, 3.05) is 12.8 Å². The molecule has 0 spiro atoms. The van der Waals surface area contributed by atoms with E-state index in [0.29, 0.717) is 11.8 Å². The van der Waals surface area contributed by atoms with E-state index in [1.165, 1.54) is 18.4 Å². The number of nitrogens with zero attached hydrogens (tertiary/aromatic N) is 2. The molecule has 3 nitrogen and oxygen atoms in total. The molecule has 1 aromatic carbocycles. The number of carbonyl (C=O) groups is 1. The Kier molecular flexibility index (Phi) is 5.70. The average Bonchev–Trinajstić information content (AvgIpc) is 2.59. The summed E-state index contributed by atoms with van der Waals surface area (Å²) in [5.41, 5.74) is 2.33. The molecule has 1 aliphatic carbocycles. The third kappa shape index (κ3) is 4.32.